The van der Waals surface area contributed by atoms with Crippen molar-refractivity contribution in [3.63, 3.8) is 0 Å². The Kier molecular flexibility index (Phi) is 583. The summed E-state index contributed by atoms with van der Waals surface area (Å²) in [5.74, 6) is 0. The van der Waals surface area contributed by atoms with Gasteiger partial charge in [0, 0.05) is 92.8 Å². The van der Waals surface area contributed by atoms with E-state index in [1.54, 1.807) is 0 Å². The van der Waals surface area contributed by atoms with E-state index in [1.807, 2.05) is 40.5 Å². The van der Waals surface area contributed by atoms with E-state index in [0.29, 0.717) is 0 Å². The summed E-state index contributed by atoms with van der Waals surface area (Å²) in [5, 5.41) is 0. The predicted octanol–water partition coefficient (Wildman–Crippen LogP) is 2.90. The first-order valence-electron chi connectivity index (χ1n) is 2.31. The molecule has 0 N–H and O–H groups in total. The van der Waals surface area contributed by atoms with Gasteiger partial charge in [0.1, 0.15) is 0 Å². The van der Waals surface area contributed by atoms with Gasteiger partial charge in [-0.25, -0.2) is 0 Å². The molecule has 76 valence electrons. The molecule has 0 fully saturated rings. The van der Waals surface area contributed by atoms with Crippen molar-refractivity contribution >= 4 is 0 Å². The molecule has 0 aromatic carbocycles. The Labute approximate surface area is 157 Å². The molecule has 0 aliphatic rings. The molecule has 6 radical (unpaired) electrons. The van der Waals surface area contributed by atoms with Gasteiger partial charge in [0.25, 0.3) is 0 Å². The van der Waals surface area contributed by atoms with Crippen LogP contribution in [0.25, 0.3) is 0 Å². The van der Waals surface area contributed by atoms with Crippen LogP contribution in [-0.2, 0) is 111 Å². The largest absolute Gasteiger partial charge is 2.00 e. The van der Waals surface area contributed by atoms with Gasteiger partial charge in [0.15, 0.2) is 0 Å². The van der Waals surface area contributed by atoms with Crippen LogP contribution in [0.4, 0.5) is 0 Å². The van der Waals surface area contributed by atoms with Crippen molar-refractivity contribution in [2.45, 2.75) is 27.7 Å². The molecule has 0 rings (SSSR count). The summed E-state index contributed by atoms with van der Waals surface area (Å²) < 4.78 is 0. The summed E-state index contributed by atoms with van der Waals surface area (Å²) in [6, 6.07) is 0. The molecule has 0 saturated heterocycles. The molecule has 0 heterocycles. The van der Waals surface area contributed by atoms with Crippen molar-refractivity contribution < 1.29 is 111 Å². The summed E-state index contributed by atoms with van der Waals surface area (Å²) in [5.41, 5.74) is 0. The molecular weight excluding hydrogens is 390 g/mol. The molecule has 0 nitrogen and oxygen atoms in total. The monoisotopic (exact) mass is 407 g/mol. The van der Waals surface area contributed by atoms with Crippen molar-refractivity contribution in [2.24, 2.45) is 0 Å². The molecule has 0 amide bonds. The average molecular weight is 407 g/mol. The fraction of sp³-hybridized carbons (Fsp3) is 0.571. The van der Waals surface area contributed by atoms with Gasteiger partial charge in [-0.1, -0.05) is 0 Å². The Bertz CT molecular complexity index is 14.9. The maximum Gasteiger partial charge on any atom is 2.00 e. The number of rotatable bonds is 0. The molecule has 0 aliphatic carbocycles. The standard InChI is InChI=1S/2C3H7.CH3.6V/c2*1-3-2;;;;;;;/h2*3H,1-2H3;1H3;;;;;;/q3*-1;;;;;;+2. The third-order valence-electron chi connectivity index (χ3n) is 0. The number of hydrogen-bond donors (Lipinski definition) is 0. The molecule has 0 atom stereocenters. The normalized spacial score (nSPS) is 2.77. The van der Waals surface area contributed by atoms with Crippen molar-refractivity contribution in [3.8, 4) is 0 Å². The van der Waals surface area contributed by atoms with Gasteiger partial charge in [-0.2, -0.15) is 27.7 Å². The first-order valence-corrected chi connectivity index (χ1v) is 2.31. The molecule has 0 saturated carbocycles. The minimum Gasteiger partial charge on any atom is -0.358 e. The zero-order valence-corrected chi connectivity index (χ0v) is 17.2. The van der Waals surface area contributed by atoms with Crippen LogP contribution in [0, 0.1) is 20.3 Å². The van der Waals surface area contributed by atoms with Crippen LogP contribution in [0.5, 0.6) is 0 Å². The van der Waals surface area contributed by atoms with E-state index >= 15 is 0 Å². The van der Waals surface area contributed by atoms with Gasteiger partial charge < -0.3 is 20.3 Å². The Morgan fingerprint density at radius 3 is 0.538 bits per heavy atom. The maximum absolute atomic E-state index is 2.00. The van der Waals surface area contributed by atoms with Crippen LogP contribution in [0.3, 0.4) is 0 Å². The predicted molar refractivity (Wildman–Crippen MR) is 37.7 cm³/mol. The van der Waals surface area contributed by atoms with E-state index < -0.39 is 0 Å². The molecule has 0 bridgehead atoms. The second kappa shape index (κ2) is 108. The summed E-state index contributed by atoms with van der Waals surface area (Å²) in [7, 11) is 0. The number of hydrogen-bond acceptors (Lipinski definition) is 0. The SMILES string of the molecule is C[CH-]C.C[CH-]C.[CH3-].[V+2].[V].[V].[V].[V].[V]. The zero-order valence-electron chi connectivity index (χ0n) is 8.84. The second-order valence-corrected chi connectivity index (χ2v) is 1.15. The quantitative estimate of drug-likeness (QED) is 0.543. The summed E-state index contributed by atoms with van der Waals surface area (Å²) in [6.07, 6.45) is 4.00. The van der Waals surface area contributed by atoms with E-state index in [9.17, 15) is 0 Å². The van der Waals surface area contributed by atoms with Gasteiger partial charge in [-0.3, -0.25) is 0 Å². The van der Waals surface area contributed by atoms with Crippen LogP contribution < -0.4 is 0 Å². The van der Waals surface area contributed by atoms with Crippen LogP contribution >= 0.6 is 0 Å². The Balaban J connectivity index is -0.00000000229. The second-order valence-electron chi connectivity index (χ2n) is 1.15. The molecule has 6 heteroatoms. The van der Waals surface area contributed by atoms with E-state index in [1.165, 1.54) is 0 Å². The third kappa shape index (κ3) is 230. The van der Waals surface area contributed by atoms with Crippen LogP contribution in [0.2, 0.25) is 0 Å². The van der Waals surface area contributed by atoms with Gasteiger partial charge in [0.05, 0.1) is 0 Å². The van der Waals surface area contributed by atoms with Crippen molar-refractivity contribution in [3.05, 3.63) is 20.3 Å². The molecule has 0 aromatic heterocycles. The Hall–Kier alpha value is 3.51. The van der Waals surface area contributed by atoms with Gasteiger partial charge >= 0.3 is 18.6 Å². The zero-order chi connectivity index (χ0) is 5.41. The van der Waals surface area contributed by atoms with Gasteiger partial charge in [-0.15, -0.1) is 0 Å². The van der Waals surface area contributed by atoms with Crippen LogP contribution in [0.15, 0.2) is 0 Å². The first-order chi connectivity index (χ1) is 2.83. The van der Waals surface area contributed by atoms with Crippen molar-refractivity contribution in [1.82, 2.24) is 0 Å². The molecule has 13 heavy (non-hydrogen) atoms. The topological polar surface area (TPSA) is 0 Å². The van der Waals surface area contributed by atoms with Crippen molar-refractivity contribution in [1.29, 1.82) is 0 Å². The fourth-order valence-electron chi connectivity index (χ4n) is 0. The van der Waals surface area contributed by atoms with Crippen LogP contribution in [-0.4, -0.2) is 0 Å². The van der Waals surface area contributed by atoms with Gasteiger partial charge in [0.2, 0.25) is 0 Å². The summed E-state index contributed by atoms with van der Waals surface area (Å²) in [4.78, 5) is 0. The first kappa shape index (κ1) is 70.4. The average Bonchev–Trinajstić information content (AvgIpc) is 1.39. The van der Waals surface area contributed by atoms with Gasteiger partial charge in [-0.05, 0) is 0 Å². The molecule has 0 spiro atoms. The van der Waals surface area contributed by atoms with Crippen LogP contribution in [0.1, 0.15) is 27.7 Å². The Morgan fingerprint density at radius 2 is 0.538 bits per heavy atom. The minimum atomic E-state index is 0. The van der Waals surface area contributed by atoms with Crippen molar-refractivity contribution in [2.75, 3.05) is 0 Å². The third-order valence-corrected chi connectivity index (χ3v) is 0. The minimum absolute atomic E-state index is 0. The summed E-state index contributed by atoms with van der Waals surface area (Å²) >= 11 is 0. The van der Waals surface area contributed by atoms with E-state index in [4.69, 9.17) is 0 Å². The molecular formula is C7H17V6-. The summed E-state index contributed by atoms with van der Waals surface area (Å²) in [6.45, 7) is 8.00. The molecule has 0 aliphatic heterocycles. The van der Waals surface area contributed by atoms with E-state index in [2.05, 4.69) is 0 Å². The smallest absolute Gasteiger partial charge is 0.358 e. The molecule has 0 aromatic rings. The maximum atomic E-state index is 2.00. The van der Waals surface area contributed by atoms with E-state index in [-0.39, 0.29) is 119 Å². The van der Waals surface area contributed by atoms with E-state index in [0.717, 1.165) is 0 Å². The fourth-order valence-corrected chi connectivity index (χ4v) is 0. The Morgan fingerprint density at radius 1 is 0.538 bits per heavy atom. The molecule has 0 unspecified atom stereocenters.